The van der Waals surface area contributed by atoms with Crippen LogP contribution in [0.25, 0.3) is 11.2 Å². The van der Waals surface area contributed by atoms with Gasteiger partial charge in [-0.25, -0.2) is 15.0 Å². The number of hydrogen-bond acceptors (Lipinski definition) is 10. The molecule has 1 fully saturated rings. The Labute approximate surface area is 146 Å². The zero-order valence-corrected chi connectivity index (χ0v) is 14.1. The lowest BCUT2D eigenvalue weighted by atomic mass is 10.1. The number of aromatic nitrogens is 4. The molecule has 0 aliphatic carbocycles. The number of rotatable bonds is 6. The van der Waals surface area contributed by atoms with Crippen LogP contribution in [0.3, 0.4) is 0 Å². The van der Waals surface area contributed by atoms with Gasteiger partial charge >= 0.3 is 0 Å². The highest BCUT2D eigenvalue weighted by Crippen LogP contribution is 2.27. The van der Waals surface area contributed by atoms with Crippen molar-refractivity contribution in [1.29, 1.82) is 0 Å². The lowest BCUT2D eigenvalue weighted by Gasteiger charge is -2.18. The standard InChI is InChI=1S/C13H16N4O5S2/c1-2-3-24-13-16-7-10(14-5-15-11(7)23)17(13)22-12-9(20)8(19)6(4-18)21-12/h2,5-6,8-9,12,18-20H,1,3-4H2,(H,14,15,23)/t6-,8-,9-,12?/m1/s1. The van der Waals surface area contributed by atoms with Crippen molar-refractivity contribution in [2.75, 3.05) is 12.4 Å². The lowest BCUT2D eigenvalue weighted by Crippen LogP contribution is -2.38. The predicted molar refractivity (Wildman–Crippen MR) is 87.8 cm³/mol. The Morgan fingerprint density at radius 3 is 2.88 bits per heavy atom. The summed E-state index contributed by atoms with van der Waals surface area (Å²) in [7, 11) is 0. The van der Waals surface area contributed by atoms with E-state index in [-0.39, 0.29) is 0 Å². The first-order chi connectivity index (χ1) is 11.6. The normalized spacial score (nSPS) is 26.8. The molecule has 0 saturated carbocycles. The largest absolute Gasteiger partial charge is 0.394 e. The van der Waals surface area contributed by atoms with Gasteiger partial charge in [0.15, 0.2) is 0 Å². The van der Waals surface area contributed by atoms with E-state index in [0.717, 1.165) is 0 Å². The van der Waals surface area contributed by atoms with Crippen LogP contribution in [-0.4, -0.2) is 72.0 Å². The second-order valence-corrected chi connectivity index (χ2v) is 6.38. The van der Waals surface area contributed by atoms with E-state index in [0.29, 0.717) is 27.1 Å². The summed E-state index contributed by atoms with van der Waals surface area (Å²) in [5.41, 5.74) is 0.776. The highest BCUT2D eigenvalue weighted by molar-refractivity contribution is 7.99. The van der Waals surface area contributed by atoms with Gasteiger partial charge < -0.3 is 24.9 Å². The Bertz CT molecular complexity index is 742. The highest BCUT2D eigenvalue weighted by Gasteiger charge is 2.44. The van der Waals surface area contributed by atoms with E-state index in [1.807, 2.05) is 0 Å². The van der Waals surface area contributed by atoms with Crippen LogP contribution >= 0.6 is 24.4 Å². The second kappa shape index (κ2) is 7.25. The monoisotopic (exact) mass is 372 g/mol. The van der Waals surface area contributed by atoms with Crippen LogP contribution in [0.5, 0.6) is 0 Å². The minimum absolute atomic E-state index is 0.347. The van der Waals surface area contributed by atoms with E-state index in [2.05, 4.69) is 34.2 Å². The molecule has 0 bridgehead atoms. The van der Waals surface area contributed by atoms with Crippen LogP contribution in [0.1, 0.15) is 0 Å². The minimum Gasteiger partial charge on any atom is -0.394 e. The first-order valence-electron chi connectivity index (χ1n) is 7.02. The molecule has 2 aromatic heterocycles. The Kier molecular flexibility index (Phi) is 5.27. The molecule has 0 spiro atoms. The third kappa shape index (κ3) is 3.10. The SMILES string of the molecule is C=CCSc1nc2c(S)ncnc2n1OC1O[C@H](CO)[C@@H](O)[C@H]1O. The first-order valence-corrected chi connectivity index (χ1v) is 8.45. The van der Waals surface area contributed by atoms with Crippen molar-refractivity contribution in [2.24, 2.45) is 0 Å². The van der Waals surface area contributed by atoms with Crippen LogP contribution in [-0.2, 0) is 4.74 Å². The Morgan fingerprint density at radius 1 is 1.42 bits per heavy atom. The fourth-order valence-electron chi connectivity index (χ4n) is 2.22. The van der Waals surface area contributed by atoms with Crippen molar-refractivity contribution >= 4 is 35.6 Å². The first kappa shape index (κ1) is 17.5. The zero-order valence-electron chi connectivity index (χ0n) is 12.4. The average molecular weight is 372 g/mol. The van der Waals surface area contributed by atoms with Gasteiger partial charge in [-0.15, -0.1) is 23.9 Å². The maximum absolute atomic E-state index is 10.0. The van der Waals surface area contributed by atoms with Crippen molar-refractivity contribution in [3.05, 3.63) is 19.0 Å². The van der Waals surface area contributed by atoms with Crippen molar-refractivity contribution in [2.45, 2.75) is 34.8 Å². The quantitative estimate of drug-likeness (QED) is 0.225. The number of imidazole rings is 1. The molecule has 24 heavy (non-hydrogen) atoms. The van der Waals surface area contributed by atoms with E-state index in [9.17, 15) is 10.2 Å². The van der Waals surface area contributed by atoms with Crippen LogP contribution in [0.2, 0.25) is 0 Å². The summed E-state index contributed by atoms with van der Waals surface area (Å²) in [4.78, 5) is 18.1. The molecule has 0 radical (unpaired) electrons. The highest BCUT2D eigenvalue weighted by atomic mass is 32.2. The van der Waals surface area contributed by atoms with Crippen molar-refractivity contribution in [3.63, 3.8) is 0 Å². The van der Waals surface area contributed by atoms with Gasteiger partial charge in [-0.05, 0) is 0 Å². The van der Waals surface area contributed by atoms with Crippen LogP contribution in [0.4, 0.5) is 0 Å². The molecular formula is C13H16N4O5S2. The molecule has 3 rings (SSSR count). The maximum Gasteiger partial charge on any atom is 0.254 e. The molecule has 3 heterocycles. The van der Waals surface area contributed by atoms with Crippen LogP contribution in [0, 0.1) is 0 Å². The molecule has 11 heteroatoms. The third-order valence-electron chi connectivity index (χ3n) is 3.40. The minimum atomic E-state index is -1.32. The van der Waals surface area contributed by atoms with E-state index in [1.54, 1.807) is 6.08 Å². The van der Waals surface area contributed by atoms with Gasteiger partial charge in [0, 0.05) is 5.75 Å². The summed E-state index contributed by atoms with van der Waals surface area (Å²) in [6.45, 7) is 3.22. The molecule has 1 saturated heterocycles. The molecule has 1 unspecified atom stereocenters. The number of fused-ring (bicyclic) bond motifs is 1. The van der Waals surface area contributed by atoms with Gasteiger partial charge in [-0.3, -0.25) is 0 Å². The van der Waals surface area contributed by atoms with Crippen molar-refractivity contribution < 1.29 is 24.9 Å². The van der Waals surface area contributed by atoms with Crippen molar-refractivity contribution in [3.8, 4) is 0 Å². The molecule has 130 valence electrons. The summed E-state index contributed by atoms with van der Waals surface area (Å²) in [5, 5.41) is 29.8. The molecule has 0 amide bonds. The van der Waals surface area contributed by atoms with E-state index in [1.165, 1.54) is 22.8 Å². The Balaban J connectivity index is 1.95. The fourth-order valence-corrected chi connectivity index (χ4v) is 3.09. The lowest BCUT2D eigenvalue weighted by molar-refractivity contribution is -0.173. The molecule has 0 aromatic carbocycles. The number of thioether (sulfide) groups is 1. The van der Waals surface area contributed by atoms with Gasteiger partial charge in [0.05, 0.1) is 6.61 Å². The van der Waals surface area contributed by atoms with Crippen LogP contribution < -0.4 is 4.84 Å². The number of hydrogen-bond donors (Lipinski definition) is 4. The van der Waals surface area contributed by atoms with Crippen molar-refractivity contribution in [1.82, 2.24) is 19.7 Å². The van der Waals surface area contributed by atoms with E-state index in [4.69, 9.17) is 14.7 Å². The smallest absolute Gasteiger partial charge is 0.254 e. The predicted octanol–water partition coefficient (Wildman–Crippen LogP) is -0.739. The summed E-state index contributed by atoms with van der Waals surface area (Å²) in [6, 6.07) is 0. The van der Waals surface area contributed by atoms with E-state index < -0.39 is 31.2 Å². The molecule has 1 aliphatic rings. The number of thiol groups is 1. The Hall–Kier alpha value is -1.37. The number of ether oxygens (including phenoxy) is 1. The number of nitrogens with zero attached hydrogens (tertiary/aromatic N) is 4. The summed E-state index contributed by atoms with van der Waals surface area (Å²) in [5.74, 6) is 0.567. The topological polar surface area (TPSA) is 123 Å². The third-order valence-corrected chi connectivity index (χ3v) is 4.64. The molecular weight excluding hydrogens is 356 g/mol. The Morgan fingerprint density at radius 2 is 2.21 bits per heavy atom. The van der Waals surface area contributed by atoms with Gasteiger partial charge in [0.2, 0.25) is 10.8 Å². The van der Waals surface area contributed by atoms with Gasteiger partial charge in [0.25, 0.3) is 6.29 Å². The molecule has 1 aliphatic heterocycles. The van der Waals surface area contributed by atoms with E-state index >= 15 is 0 Å². The van der Waals surface area contributed by atoms with Crippen LogP contribution in [0.15, 0.2) is 29.2 Å². The summed E-state index contributed by atoms with van der Waals surface area (Å²) < 4.78 is 6.63. The second-order valence-electron chi connectivity index (χ2n) is 4.97. The summed E-state index contributed by atoms with van der Waals surface area (Å²) >= 11 is 5.58. The fraction of sp³-hybridized carbons (Fsp3) is 0.462. The number of aliphatic hydroxyl groups is 3. The summed E-state index contributed by atoms with van der Waals surface area (Å²) in [6.07, 6.45) is -1.68. The van der Waals surface area contributed by atoms with Gasteiger partial charge in [-0.2, -0.15) is 0 Å². The zero-order chi connectivity index (χ0) is 17.3. The maximum atomic E-state index is 10.0. The molecule has 2 aromatic rings. The molecule has 3 N–H and O–H groups in total. The number of aliphatic hydroxyl groups excluding tert-OH is 3. The average Bonchev–Trinajstić information content (AvgIpc) is 3.07. The molecule has 9 nitrogen and oxygen atoms in total. The van der Waals surface area contributed by atoms with Gasteiger partial charge in [-0.1, -0.05) is 17.8 Å². The van der Waals surface area contributed by atoms with Gasteiger partial charge in [0.1, 0.15) is 35.2 Å². The molecule has 4 atom stereocenters.